The summed E-state index contributed by atoms with van der Waals surface area (Å²) in [4.78, 5) is 14.1. The van der Waals surface area contributed by atoms with E-state index in [2.05, 4.69) is 0 Å². The molecule has 2 heterocycles. The Labute approximate surface area is 180 Å². The summed E-state index contributed by atoms with van der Waals surface area (Å²) in [5, 5.41) is 0. The normalized spacial score (nSPS) is 21.7. The zero-order chi connectivity index (χ0) is 22.8. The Bertz CT molecular complexity index is 899. The highest BCUT2D eigenvalue weighted by atomic mass is 32.2. The number of rotatable bonds is 5. The first-order valence-corrected chi connectivity index (χ1v) is 11.6. The van der Waals surface area contributed by atoms with E-state index in [9.17, 15) is 26.4 Å². The second-order valence-corrected chi connectivity index (χ2v) is 9.80. The first-order chi connectivity index (χ1) is 14.6. The van der Waals surface area contributed by atoms with E-state index in [0.717, 1.165) is 0 Å². The van der Waals surface area contributed by atoms with Crippen LogP contribution < -0.4 is 9.47 Å². The van der Waals surface area contributed by atoms with Gasteiger partial charge in [0.2, 0.25) is 15.9 Å². The molecule has 1 atom stereocenters. The number of carbonyl (C=O) groups excluding carboxylic acids is 1. The van der Waals surface area contributed by atoms with Crippen molar-refractivity contribution in [1.29, 1.82) is 0 Å². The average molecular weight is 465 g/mol. The Morgan fingerprint density at radius 2 is 1.68 bits per heavy atom. The summed E-state index contributed by atoms with van der Waals surface area (Å²) in [5.41, 5.74) is 0. The summed E-state index contributed by atoms with van der Waals surface area (Å²) >= 11 is 0. The van der Waals surface area contributed by atoms with Crippen LogP contribution in [0, 0.1) is 11.8 Å². The van der Waals surface area contributed by atoms with Crippen LogP contribution in [0.1, 0.15) is 25.7 Å². The number of halogens is 3. The Morgan fingerprint density at radius 3 is 2.26 bits per heavy atom. The molecule has 174 valence electrons. The number of benzene rings is 1. The Balaban J connectivity index is 1.64. The van der Waals surface area contributed by atoms with Crippen LogP contribution in [0.4, 0.5) is 13.2 Å². The minimum atomic E-state index is -4.31. The number of methoxy groups -OCH3 is 2. The first kappa shape index (κ1) is 23.6. The molecule has 7 nitrogen and oxygen atoms in total. The van der Waals surface area contributed by atoms with E-state index in [4.69, 9.17) is 9.47 Å². The van der Waals surface area contributed by atoms with E-state index in [1.807, 2.05) is 0 Å². The van der Waals surface area contributed by atoms with E-state index in [-0.39, 0.29) is 55.4 Å². The number of piperidine rings is 2. The van der Waals surface area contributed by atoms with E-state index in [1.54, 1.807) is 0 Å². The summed E-state index contributed by atoms with van der Waals surface area (Å²) in [5.74, 6) is -1.57. The standard InChI is InChI=1S/C20H27F3N2O5S/c1-29-17-6-5-16(12-18(17)30-2)31(27,28)25-10-7-14(8-11-25)19(26)24-9-3-4-15(13-24)20(21,22)23/h5-6,12,14-15H,3-4,7-11,13H2,1-2H3. The van der Waals surface area contributed by atoms with E-state index in [0.29, 0.717) is 18.7 Å². The molecule has 1 unspecified atom stereocenters. The van der Waals surface area contributed by atoms with Crippen molar-refractivity contribution in [3.63, 3.8) is 0 Å². The molecule has 3 rings (SSSR count). The molecule has 11 heteroatoms. The van der Waals surface area contributed by atoms with Gasteiger partial charge in [-0.05, 0) is 37.8 Å². The third-order valence-electron chi connectivity index (χ3n) is 5.99. The summed E-state index contributed by atoms with van der Waals surface area (Å²) in [6, 6.07) is 4.32. The van der Waals surface area contributed by atoms with Crippen LogP contribution in [0.5, 0.6) is 11.5 Å². The Morgan fingerprint density at radius 1 is 1.03 bits per heavy atom. The number of hydrogen-bond donors (Lipinski definition) is 0. The molecule has 2 fully saturated rings. The lowest BCUT2D eigenvalue weighted by Crippen LogP contribution is -2.49. The molecule has 0 aromatic heterocycles. The predicted molar refractivity (Wildman–Crippen MR) is 106 cm³/mol. The van der Waals surface area contributed by atoms with E-state index in [1.165, 1.54) is 41.6 Å². The van der Waals surface area contributed by atoms with Gasteiger partial charge in [-0.15, -0.1) is 0 Å². The van der Waals surface area contributed by atoms with Crippen LogP contribution in [0.25, 0.3) is 0 Å². The lowest BCUT2D eigenvalue weighted by molar-refractivity contribution is -0.188. The van der Waals surface area contributed by atoms with Gasteiger partial charge in [0.1, 0.15) is 0 Å². The van der Waals surface area contributed by atoms with Crippen LogP contribution in [-0.2, 0) is 14.8 Å². The second kappa shape index (κ2) is 9.23. The summed E-state index contributed by atoms with van der Waals surface area (Å²) in [6.07, 6.45) is -3.40. The highest BCUT2D eigenvalue weighted by Crippen LogP contribution is 2.35. The smallest absolute Gasteiger partial charge is 0.393 e. The van der Waals surface area contributed by atoms with Crippen LogP contribution in [-0.4, -0.2) is 70.1 Å². The fourth-order valence-corrected chi connectivity index (χ4v) is 5.66. The minimum absolute atomic E-state index is 0.0370. The molecule has 0 N–H and O–H groups in total. The molecule has 0 spiro atoms. The van der Waals surface area contributed by atoms with Gasteiger partial charge >= 0.3 is 6.18 Å². The van der Waals surface area contributed by atoms with Gasteiger partial charge in [-0.25, -0.2) is 8.42 Å². The lowest BCUT2D eigenvalue weighted by Gasteiger charge is -2.38. The zero-order valence-corrected chi connectivity index (χ0v) is 18.3. The van der Waals surface area contributed by atoms with Gasteiger partial charge in [0, 0.05) is 38.2 Å². The molecule has 1 aromatic carbocycles. The third kappa shape index (κ3) is 5.08. The summed E-state index contributed by atoms with van der Waals surface area (Å²) in [7, 11) is -0.934. The third-order valence-corrected chi connectivity index (χ3v) is 7.89. The number of hydrogen-bond acceptors (Lipinski definition) is 5. The molecule has 2 aliphatic heterocycles. The molecular formula is C20H27F3N2O5S. The molecule has 0 aliphatic carbocycles. The maximum Gasteiger partial charge on any atom is 0.393 e. The topological polar surface area (TPSA) is 76.2 Å². The van der Waals surface area contributed by atoms with Gasteiger partial charge in [-0.3, -0.25) is 4.79 Å². The van der Waals surface area contributed by atoms with Crippen LogP contribution in [0.2, 0.25) is 0 Å². The summed E-state index contributed by atoms with van der Waals surface area (Å²) < 4.78 is 76.7. The van der Waals surface area contributed by atoms with Crippen molar-refractivity contribution >= 4 is 15.9 Å². The minimum Gasteiger partial charge on any atom is -0.493 e. The monoisotopic (exact) mass is 464 g/mol. The van der Waals surface area contributed by atoms with Crippen molar-refractivity contribution in [3.8, 4) is 11.5 Å². The number of nitrogens with zero attached hydrogens (tertiary/aromatic N) is 2. The van der Waals surface area contributed by atoms with Crippen LogP contribution in [0.15, 0.2) is 23.1 Å². The van der Waals surface area contributed by atoms with Crippen molar-refractivity contribution in [2.24, 2.45) is 11.8 Å². The molecule has 0 saturated carbocycles. The molecule has 1 amide bonds. The molecular weight excluding hydrogens is 437 g/mol. The van der Waals surface area contributed by atoms with Gasteiger partial charge < -0.3 is 14.4 Å². The Hall–Kier alpha value is -2.01. The average Bonchev–Trinajstić information content (AvgIpc) is 2.77. The molecule has 2 saturated heterocycles. The molecule has 2 aliphatic rings. The van der Waals surface area contributed by atoms with Crippen molar-refractivity contribution in [3.05, 3.63) is 18.2 Å². The predicted octanol–water partition coefficient (Wildman–Crippen LogP) is 2.91. The van der Waals surface area contributed by atoms with Gasteiger partial charge in [0.05, 0.1) is 25.0 Å². The van der Waals surface area contributed by atoms with E-state index >= 15 is 0 Å². The van der Waals surface area contributed by atoms with Crippen LogP contribution >= 0.6 is 0 Å². The number of likely N-dealkylation sites (tertiary alicyclic amines) is 1. The fourth-order valence-electron chi connectivity index (χ4n) is 4.17. The number of amides is 1. The van der Waals surface area contributed by atoms with Crippen molar-refractivity contribution in [1.82, 2.24) is 9.21 Å². The SMILES string of the molecule is COc1ccc(S(=O)(=O)N2CCC(C(=O)N3CCCC(C(F)(F)F)C3)CC2)cc1OC. The highest BCUT2D eigenvalue weighted by Gasteiger charge is 2.44. The Kier molecular flexibility index (Phi) is 7.04. The first-order valence-electron chi connectivity index (χ1n) is 10.2. The largest absolute Gasteiger partial charge is 0.493 e. The van der Waals surface area contributed by atoms with Crippen molar-refractivity contribution in [2.75, 3.05) is 40.4 Å². The second-order valence-electron chi connectivity index (χ2n) is 7.86. The molecule has 0 bridgehead atoms. The van der Waals surface area contributed by atoms with Gasteiger partial charge in [0.25, 0.3) is 0 Å². The zero-order valence-electron chi connectivity index (χ0n) is 17.5. The quantitative estimate of drug-likeness (QED) is 0.670. The van der Waals surface area contributed by atoms with E-state index < -0.39 is 28.0 Å². The van der Waals surface area contributed by atoms with Crippen molar-refractivity contribution in [2.45, 2.75) is 36.8 Å². The van der Waals surface area contributed by atoms with Gasteiger partial charge in [-0.1, -0.05) is 0 Å². The molecule has 0 radical (unpaired) electrons. The molecule has 31 heavy (non-hydrogen) atoms. The number of alkyl halides is 3. The number of ether oxygens (including phenoxy) is 2. The van der Waals surface area contributed by atoms with Crippen molar-refractivity contribution < 1.29 is 35.9 Å². The maximum atomic E-state index is 13.0. The summed E-state index contributed by atoms with van der Waals surface area (Å²) in [6.45, 7) is 0.259. The highest BCUT2D eigenvalue weighted by molar-refractivity contribution is 7.89. The number of sulfonamides is 1. The fraction of sp³-hybridized carbons (Fsp3) is 0.650. The molecule has 1 aromatic rings. The van der Waals surface area contributed by atoms with Crippen LogP contribution in [0.3, 0.4) is 0 Å². The van der Waals surface area contributed by atoms with Gasteiger partial charge in [-0.2, -0.15) is 17.5 Å². The van der Waals surface area contributed by atoms with Gasteiger partial charge in [0.15, 0.2) is 11.5 Å². The maximum absolute atomic E-state index is 13.0. The lowest BCUT2D eigenvalue weighted by atomic mass is 9.92. The number of carbonyl (C=O) groups is 1.